The van der Waals surface area contributed by atoms with Gasteiger partial charge >= 0.3 is 0 Å². The van der Waals surface area contributed by atoms with Crippen LogP contribution in [0.2, 0.25) is 0 Å². The van der Waals surface area contributed by atoms with Crippen LogP contribution in [0, 0.1) is 24.2 Å². The Morgan fingerprint density at radius 3 is 2.41 bits per heavy atom. The minimum Gasteiger partial charge on any atom is -0.378 e. The average molecular weight is 882 g/mol. The number of alkyl halides is 2. The van der Waals surface area contributed by atoms with E-state index in [1.54, 1.807) is 13.8 Å². The number of ether oxygens (including phenoxy) is 1. The number of pyridine rings is 2. The summed E-state index contributed by atoms with van der Waals surface area (Å²) in [6.07, 6.45) is 18.9. The second-order valence-electron chi connectivity index (χ2n) is 17.7. The van der Waals surface area contributed by atoms with E-state index in [0.29, 0.717) is 18.4 Å². The van der Waals surface area contributed by atoms with E-state index >= 15 is 0 Å². The maximum Gasteiger partial charge on any atom is 0.288 e. The predicted molar refractivity (Wildman–Crippen MR) is 254 cm³/mol. The highest BCUT2D eigenvalue weighted by atomic mass is 19.3. The van der Waals surface area contributed by atoms with E-state index in [9.17, 15) is 18.4 Å². The summed E-state index contributed by atoms with van der Waals surface area (Å²) in [4.78, 5) is 36.8. The number of amides is 2. The van der Waals surface area contributed by atoms with Crippen LogP contribution in [0.1, 0.15) is 104 Å². The van der Waals surface area contributed by atoms with Gasteiger partial charge in [-0.2, -0.15) is 13.9 Å². The molecule has 0 radical (unpaired) electrons. The fraction of sp³-hybridized carbons (Fsp3) is 0.500. The lowest BCUT2D eigenvalue weighted by molar-refractivity contribution is -0.122. The largest absolute Gasteiger partial charge is 0.378 e. The second-order valence-corrected chi connectivity index (χ2v) is 17.7. The van der Waals surface area contributed by atoms with Crippen molar-refractivity contribution in [2.24, 2.45) is 16.8 Å². The molecule has 3 aliphatic rings. The van der Waals surface area contributed by atoms with Crippen LogP contribution in [0.15, 0.2) is 89.7 Å². The zero-order chi connectivity index (χ0) is 46.9. The van der Waals surface area contributed by atoms with E-state index < -0.39 is 17.2 Å². The summed E-state index contributed by atoms with van der Waals surface area (Å²) in [6.45, 7) is 14.9. The Morgan fingerprint density at radius 1 is 1.06 bits per heavy atom. The number of hydrogen-bond acceptors (Lipinski definition) is 9. The molecule has 1 aromatic carbocycles. The Balaban J connectivity index is 0.000000192. The van der Waals surface area contributed by atoms with Crippen molar-refractivity contribution in [3.63, 3.8) is 0 Å². The maximum absolute atomic E-state index is 13.4. The summed E-state index contributed by atoms with van der Waals surface area (Å²) >= 11 is 0. The van der Waals surface area contributed by atoms with Gasteiger partial charge in [0.25, 0.3) is 5.92 Å². The SMILES string of the molecule is CC(CC1=CN(C)CC=C1)NC(=O)C1CC1.CCC(C)C1CCCCO1.CN=CC(=N)c1cc(C(C)(F)F)nn1CC(C)(C)NC=O.Cc1ccc2cc(-c3ccccc3)cnc2n1. The molecule has 3 aromatic heterocycles. The fourth-order valence-electron chi connectivity index (χ4n) is 7.10. The lowest BCUT2D eigenvalue weighted by Crippen LogP contribution is -2.43. The number of aromatic nitrogens is 4. The first kappa shape index (κ1) is 51.0. The molecule has 4 aromatic rings. The number of benzene rings is 1. The first-order valence-corrected chi connectivity index (χ1v) is 22.4. The molecule has 2 aliphatic heterocycles. The molecule has 0 spiro atoms. The molecule has 3 unspecified atom stereocenters. The number of nitrogens with zero attached hydrogens (tertiary/aromatic N) is 6. The zero-order valence-corrected chi connectivity index (χ0v) is 39.2. The van der Waals surface area contributed by atoms with E-state index in [0.717, 1.165) is 67.5 Å². The van der Waals surface area contributed by atoms with Crippen molar-refractivity contribution in [1.82, 2.24) is 35.3 Å². The molecule has 14 heteroatoms. The smallest absolute Gasteiger partial charge is 0.288 e. The monoisotopic (exact) mass is 882 g/mol. The minimum absolute atomic E-state index is 0.0256. The number of hydrogen-bond donors (Lipinski definition) is 3. The molecule has 3 atom stereocenters. The van der Waals surface area contributed by atoms with Crippen LogP contribution in [0.4, 0.5) is 8.78 Å². The van der Waals surface area contributed by atoms with Crippen molar-refractivity contribution >= 4 is 35.3 Å². The Labute approximate surface area is 378 Å². The van der Waals surface area contributed by atoms with Crippen LogP contribution >= 0.6 is 0 Å². The van der Waals surface area contributed by atoms with E-state index in [2.05, 4.69) is 106 Å². The van der Waals surface area contributed by atoms with Crippen molar-refractivity contribution in [2.45, 2.75) is 124 Å². The summed E-state index contributed by atoms with van der Waals surface area (Å²) in [7, 11) is 3.55. The molecule has 2 amide bonds. The van der Waals surface area contributed by atoms with Gasteiger partial charge in [-0.25, -0.2) is 9.97 Å². The Hall–Kier alpha value is -5.63. The van der Waals surface area contributed by atoms with Gasteiger partial charge in [0.1, 0.15) is 5.69 Å². The van der Waals surface area contributed by atoms with E-state index in [4.69, 9.17) is 10.1 Å². The third-order valence-electron chi connectivity index (χ3n) is 11.0. The number of fused-ring (bicyclic) bond motifs is 1. The van der Waals surface area contributed by atoms with Gasteiger partial charge in [0, 0.05) is 81.4 Å². The molecule has 2 fully saturated rings. The molecular formula is C50H69F2N9O3. The Morgan fingerprint density at radius 2 is 1.80 bits per heavy atom. The molecule has 1 aliphatic carbocycles. The average Bonchev–Trinajstić information content (AvgIpc) is 4.03. The number of carbonyl (C=O) groups is 2. The number of rotatable bonds is 14. The summed E-state index contributed by atoms with van der Waals surface area (Å²) in [5.74, 6) is -1.80. The first-order valence-electron chi connectivity index (χ1n) is 22.4. The zero-order valence-electron chi connectivity index (χ0n) is 39.2. The number of aryl methyl sites for hydroxylation is 1. The third kappa shape index (κ3) is 16.8. The van der Waals surface area contributed by atoms with Crippen LogP contribution in [-0.4, -0.2) is 93.8 Å². The van der Waals surface area contributed by atoms with Crippen LogP contribution in [0.25, 0.3) is 22.2 Å². The molecule has 64 heavy (non-hydrogen) atoms. The van der Waals surface area contributed by atoms with Crippen LogP contribution in [0.5, 0.6) is 0 Å². The van der Waals surface area contributed by atoms with Gasteiger partial charge in [-0.1, -0.05) is 62.8 Å². The van der Waals surface area contributed by atoms with E-state index in [1.807, 2.05) is 37.4 Å². The number of halogens is 2. The molecule has 3 N–H and O–H groups in total. The van der Waals surface area contributed by atoms with Crippen molar-refractivity contribution in [1.29, 1.82) is 5.41 Å². The quantitative estimate of drug-likeness (QED) is 0.0844. The normalized spacial score (nSPS) is 17.1. The summed E-state index contributed by atoms with van der Waals surface area (Å²) in [6, 6.07) is 17.9. The molecule has 5 heterocycles. The molecule has 346 valence electrons. The van der Waals surface area contributed by atoms with Gasteiger partial charge < -0.3 is 20.3 Å². The van der Waals surface area contributed by atoms with Crippen LogP contribution < -0.4 is 10.6 Å². The Kier molecular flexibility index (Phi) is 19.5. The highest BCUT2D eigenvalue weighted by Gasteiger charge is 2.32. The molecule has 12 nitrogen and oxygen atoms in total. The highest BCUT2D eigenvalue weighted by Crippen LogP contribution is 2.30. The van der Waals surface area contributed by atoms with Gasteiger partial charge in [-0.3, -0.25) is 24.7 Å². The van der Waals surface area contributed by atoms with Crippen LogP contribution in [-0.2, 0) is 26.8 Å². The van der Waals surface area contributed by atoms with Gasteiger partial charge in [0.2, 0.25) is 12.3 Å². The Bertz CT molecular complexity index is 2200. The molecule has 7 rings (SSSR count). The molecule has 0 bridgehead atoms. The van der Waals surface area contributed by atoms with Gasteiger partial charge in [-0.05, 0) is 108 Å². The van der Waals surface area contributed by atoms with Crippen molar-refractivity contribution in [3.05, 3.63) is 102 Å². The standard InChI is InChI=1S/C15H12N2.C13H19F2N5O.C13H20N2O.C9H18O/c1-11-7-8-13-9-14(10-16-15(13)17-11)12-5-3-2-4-6-12;1-12(2,18-8-21)7-20-10(9(16)6-17-4)5-11(19-20)13(3,14)15;1-10(14-13(16)12-5-6-12)8-11-4-3-7-15(2)9-11;1-3-8(2)9-6-4-5-7-10-9/h2-10H,1H3;5-6,8,16H,7H2,1-4H3,(H,18,21);3-4,9-10,12H,5-8H2,1-2H3,(H,14,16);8-9H,3-7H2,1-2H3. The van der Waals surface area contributed by atoms with E-state index in [1.165, 1.54) is 60.8 Å². The molecular weight excluding hydrogens is 813 g/mol. The van der Waals surface area contributed by atoms with Gasteiger partial charge in [-0.15, -0.1) is 0 Å². The number of likely N-dealkylation sites (N-methyl/N-ethyl adjacent to an activating group) is 1. The minimum atomic E-state index is -3.11. The van der Waals surface area contributed by atoms with Crippen molar-refractivity contribution in [2.75, 3.05) is 27.2 Å². The van der Waals surface area contributed by atoms with E-state index in [-0.39, 0.29) is 29.9 Å². The topological polar surface area (TPSA) is 150 Å². The number of carbonyl (C=O) groups excluding carboxylic acids is 2. The van der Waals surface area contributed by atoms with Crippen molar-refractivity contribution in [3.8, 4) is 11.1 Å². The summed E-state index contributed by atoms with van der Waals surface area (Å²) < 4.78 is 33.8. The maximum atomic E-state index is 13.4. The predicted octanol–water partition coefficient (Wildman–Crippen LogP) is 9.47. The summed E-state index contributed by atoms with van der Waals surface area (Å²) in [5.41, 5.74) is 4.49. The molecule has 1 saturated carbocycles. The number of aliphatic imine (C=N–C) groups is 1. The first-order chi connectivity index (χ1) is 30.4. The highest BCUT2D eigenvalue weighted by molar-refractivity contribution is 6.36. The number of allylic oxidation sites excluding steroid dienone is 1. The van der Waals surface area contributed by atoms with Crippen LogP contribution in [0.3, 0.4) is 0 Å². The van der Waals surface area contributed by atoms with Gasteiger partial charge in [0.15, 0.2) is 5.65 Å². The fourth-order valence-corrected chi connectivity index (χ4v) is 7.10. The molecule has 1 saturated heterocycles. The number of nitrogens with one attached hydrogen (secondary N) is 3. The lowest BCUT2D eigenvalue weighted by Gasteiger charge is -2.27. The van der Waals surface area contributed by atoms with Gasteiger partial charge in [0.05, 0.1) is 29.6 Å². The summed E-state index contributed by atoms with van der Waals surface area (Å²) in [5, 5.41) is 18.4. The third-order valence-corrected chi connectivity index (χ3v) is 11.0. The van der Waals surface area contributed by atoms with Crippen molar-refractivity contribution < 1.29 is 23.1 Å². The lowest BCUT2D eigenvalue weighted by atomic mass is 9.95. The second kappa shape index (κ2) is 24.4.